The number of hydrogen-bond donors (Lipinski definition) is 2. The van der Waals surface area contributed by atoms with Crippen LogP contribution in [0.25, 0.3) is 0 Å². The van der Waals surface area contributed by atoms with Gasteiger partial charge in [-0.2, -0.15) is 0 Å². The Kier molecular flexibility index (Phi) is 4.96. The number of thioether (sulfide) groups is 1. The Bertz CT molecular complexity index is 425. The smallest absolute Gasteiger partial charge is 0.316 e. The van der Waals surface area contributed by atoms with Crippen molar-refractivity contribution in [3.05, 3.63) is 30.1 Å². The molecule has 92 valence electrons. The highest BCUT2D eigenvalue weighted by atomic mass is 32.2. The summed E-state index contributed by atoms with van der Waals surface area (Å²) in [5.74, 6) is -1.94. The van der Waals surface area contributed by atoms with E-state index in [2.05, 4.69) is 5.32 Å². The van der Waals surface area contributed by atoms with Gasteiger partial charge in [-0.05, 0) is 19.1 Å². The molecule has 0 saturated heterocycles. The van der Waals surface area contributed by atoms with Gasteiger partial charge in [-0.15, -0.1) is 11.8 Å². The quantitative estimate of drug-likeness (QED) is 0.846. The molecule has 17 heavy (non-hydrogen) atoms. The molecule has 0 fully saturated rings. The van der Waals surface area contributed by atoms with E-state index in [1.54, 1.807) is 6.07 Å². The highest BCUT2D eigenvalue weighted by Gasteiger charge is 2.14. The van der Waals surface area contributed by atoms with Crippen molar-refractivity contribution in [1.29, 1.82) is 0 Å². The molecule has 0 aromatic heterocycles. The topological polar surface area (TPSA) is 66.4 Å². The number of carboxylic acids is 1. The first-order valence-electron chi connectivity index (χ1n) is 4.89. The summed E-state index contributed by atoms with van der Waals surface area (Å²) < 4.78 is 13.2. The second-order valence-electron chi connectivity index (χ2n) is 3.32. The van der Waals surface area contributed by atoms with Crippen molar-refractivity contribution in [2.45, 2.75) is 12.2 Å². The van der Waals surface area contributed by atoms with Crippen molar-refractivity contribution >= 4 is 29.3 Å². The van der Waals surface area contributed by atoms with Gasteiger partial charge >= 0.3 is 5.97 Å². The second kappa shape index (κ2) is 6.24. The van der Waals surface area contributed by atoms with Gasteiger partial charge in [0.1, 0.15) is 5.82 Å². The van der Waals surface area contributed by atoms with Crippen molar-refractivity contribution in [2.24, 2.45) is 0 Å². The fourth-order valence-corrected chi connectivity index (χ4v) is 1.64. The van der Waals surface area contributed by atoms with Gasteiger partial charge in [-0.3, -0.25) is 9.59 Å². The number of halogens is 1. The molecule has 1 aromatic carbocycles. The summed E-state index contributed by atoms with van der Waals surface area (Å²) in [7, 11) is 0. The van der Waals surface area contributed by atoms with Gasteiger partial charge in [-0.25, -0.2) is 4.39 Å². The van der Waals surface area contributed by atoms with Gasteiger partial charge < -0.3 is 10.4 Å². The standard InChI is InChI=1S/C11H12FNO3S/c1-7(11(15)16)17-6-10(14)13-9-5-3-2-4-8(9)12/h2-5,7H,6H2,1H3,(H,13,14)(H,15,16). The molecule has 0 spiro atoms. The van der Waals surface area contributed by atoms with Gasteiger partial charge in [0, 0.05) is 0 Å². The predicted octanol–water partition coefficient (Wildman–Crippen LogP) is 1.97. The van der Waals surface area contributed by atoms with Crippen LogP contribution in [-0.2, 0) is 9.59 Å². The predicted molar refractivity (Wildman–Crippen MR) is 64.6 cm³/mol. The summed E-state index contributed by atoms with van der Waals surface area (Å²) in [6.07, 6.45) is 0. The van der Waals surface area contributed by atoms with E-state index < -0.39 is 22.9 Å². The van der Waals surface area contributed by atoms with E-state index in [0.717, 1.165) is 11.8 Å². The van der Waals surface area contributed by atoms with Crippen LogP contribution in [0.5, 0.6) is 0 Å². The van der Waals surface area contributed by atoms with Gasteiger partial charge in [-0.1, -0.05) is 12.1 Å². The van der Waals surface area contributed by atoms with Crippen LogP contribution in [0.1, 0.15) is 6.92 Å². The third-order valence-electron chi connectivity index (χ3n) is 1.96. The minimum Gasteiger partial charge on any atom is -0.480 e. The Morgan fingerprint density at radius 2 is 2.12 bits per heavy atom. The van der Waals surface area contributed by atoms with Crippen LogP contribution in [0.4, 0.5) is 10.1 Å². The number of aliphatic carboxylic acids is 1. The molecular formula is C11H12FNO3S. The Labute approximate surface area is 102 Å². The third-order valence-corrected chi connectivity index (χ3v) is 3.09. The number of carbonyl (C=O) groups is 2. The first kappa shape index (κ1) is 13.5. The average molecular weight is 257 g/mol. The van der Waals surface area contributed by atoms with Crippen LogP contribution < -0.4 is 5.32 Å². The number of nitrogens with one attached hydrogen (secondary N) is 1. The van der Waals surface area contributed by atoms with Crippen LogP contribution in [0.15, 0.2) is 24.3 Å². The Morgan fingerprint density at radius 3 is 2.71 bits per heavy atom. The molecule has 0 aliphatic carbocycles. The number of para-hydroxylation sites is 1. The molecule has 1 aromatic rings. The van der Waals surface area contributed by atoms with E-state index in [9.17, 15) is 14.0 Å². The maximum absolute atomic E-state index is 13.2. The molecule has 1 unspecified atom stereocenters. The van der Waals surface area contributed by atoms with Crippen molar-refractivity contribution in [1.82, 2.24) is 0 Å². The van der Waals surface area contributed by atoms with Crippen LogP contribution in [0, 0.1) is 5.82 Å². The Balaban J connectivity index is 2.46. The van der Waals surface area contributed by atoms with E-state index in [1.807, 2.05) is 0 Å². The molecule has 1 amide bonds. The fraction of sp³-hybridized carbons (Fsp3) is 0.273. The molecule has 2 N–H and O–H groups in total. The van der Waals surface area contributed by atoms with Crippen molar-refractivity contribution < 1.29 is 19.1 Å². The second-order valence-corrected chi connectivity index (χ2v) is 4.65. The lowest BCUT2D eigenvalue weighted by molar-refractivity contribution is -0.136. The summed E-state index contributed by atoms with van der Waals surface area (Å²) in [6, 6.07) is 5.80. The van der Waals surface area contributed by atoms with Crippen LogP contribution in [0.2, 0.25) is 0 Å². The van der Waals surface area contributed by atoms with Crippen LogP contribution in [0.3, 0.4) is 0 Å². The van der Waals surface area contributed by atoms with E-state index in [1.165, 1.54) is 25.1 Å². The zero-order chi connectivity index (χ0) is 12.8. The van der Waals surface area contributed by atoms with Crippen molar-refractivity contribution in [3.63, 3.8) is 0 Å². The molecule has 1 rings (SSSR count). The number of rotatable bonds is 5. The van der Waals surface area contributed by atoms with Crippen LogP contribution >= 0.6 is 11.8 Å². The number of carbonyl (C=O) groups excluding carboxylic acids is 1. The zero-order valence-electron chi connectivity index (χ0n) is 9.14. The van der Waals surface area contributed by atoms with E-state index in [0.29, 0.717) is 0 Å². The van der Waals surface area contributed by atoms with E-state index in [-0.39, 0.29) is 11.4 Å². The molecule has 0 aliphatic heterocycles. The maximum Gasteiger partial charge on any atom is 0.316 e. The highest BCUT2D eigenvalue weighted by Crippen LogP contribution is 2.14. The number of benzene rings is 1. The summed E-state index contributed by atoms with van der Waals surface area (Å²) >= 11 is 0.984. The SMILES string of the molecule is CC(SCC(=O)Nc1ccccc1F)C(=O)O. The average Bonchev–Trinajstić information content (AvgIpc) is 2.29. The molecule has 0 heterocycles. The van der Waals surface area contributed by atoms with E-state index >= 15 is 0 Å². The summed E-state index contributed by atoms with van der Waals surface area (Å²) in [4.78, 5) is 21.9. The van der Waals surface area contributed by atoms with E-state index in [4.69, 9.17) is 5.11 Å². The Hall–Kier alpha value is -1.56. The van der Waals surface area contributed by atoms with Gasteiger partial charge in [0.05, 0.1) is 16.7 Å². The third kappa shape index (κ3) is 4.44. The number of anilines is 1. The molecular weight excluding hydrogens is 245 g/mol. The van der Waals surface area contributed by atoms with Gasteiger partial charge in [0.15, 0.2) is 0 Å². The fourth-order valence-electron chi connectivity index (χ4n) is 1.02. The number of amides is 1. The van der Waals surface area contributed by atoms with Crippen LogP contribution in [-0.4, -0.2) is 28.0 Å². The van der Waals surface area contributed by atoms with Gasteiger partial charge in [0.25, 0.3) is 0 Å². The first-order chi connectivity index (χ1) is 8.00. The summed E-state index contributed by atoms with van der Waals surface area (Å²) in [6.45, 7) is 1.49. The highest BCUT2D eigenvalue weighted by molar-refractivity contribution is 8.01. The zero-order valence-corrected chi connectivity index (χ0v) is 9.96. The molecule has 6 heteroatoms. The Morgan fingerprint density at radius 1 is 1.47 bits per heavy atom. The lowest BCUT2D eigenvalue weighted by atomic mass is 10.3. The first-order valence-corrected chi connectivity index (χ1v) is 5.94. The molecule has 0 radical (unpaired) electrons. The molecule has 0 bridgehead atoms. The van der Waals surface area contributed by atoms with Gasteiger partial charge in [0.2, 0.25) is 5.91 Å². The lowest BCUT2D eigenvalue weighted by Gasteiger charge is -2.07. The molecule has 0 saturated carbocycles. The molecule has 4 nitrogen and oxygen atoms in total. The lowest BCUT2D eigenvalue weighted by Crippen LogP contribution is -2.19. The monoisotopic (exact) mass is 257 g/mol. The van der Waals surface area contributed by atoms with Crippen molar-refractivity contribution in [3.8, 4) is 0 Å². The normalized spacial score (nSPS) is 11.9. The number of carboxylic acid groups (broad SMARTS) is 1. The summed E-state index contributed by atoms with van der Waals surface area (Å²) in [5.41, 5.74) is 0.0982. The summed E-state index contributed by atoms with van der Waals surface area (Å²) in [5, 5.41) is 10.3. The maximum atomic E-state index is 13.2. The minimum atomic E-state index is -0.978. The van der Waals surface area contributed by atoms with Crippen molar-refractivity contribution in [2.75, 3.05) is 11.1 Å². The number of hydrogen-bond acceptors (Lipinski definition) is 3. The minimum absolute atomic E-state index is 0.0260. The molecule has 0 aliphatic rings. The molecule has 1 atom stereocenters. The largest absolute Gasteiger partial charge is 0.480 e.